The van der Waals surface area contributed by atoms with Gasteiger partial charge in [-0.25, -0.2) is 0 Å². The van der Waals surface area contributed by atoms with E-state index in [1.165, 1.54) is 21.3 Å². The summed E-state index contributed by atoms with van der Waals surface area (Å²) in [5, 5.41) is 6.12. The Labute approximate surface area is 181 Å². The summed E-state index contributed by atoms with van der Waals surface area (Å²) in [5.74, 6) is 0.948. The van der Waals surface area contributed by atoms with Crippen molar-refractivity contribution in [3.05, 3.63) is 41.4 Å². The molecule has 0 heterocycles. The molecule has 2 aromatic carbocycles. The molecule has 0 spiro atoms. The number of rotatable bonds is 10. The summed E-state index contributed by atoms with van der Waals surface area (Å²) < 4.78 is 15.8. The predicted molar refractivity (Wildman–Crippen MR) is 117 cm³/mol. The van der Waals surface area contributed by atoms with E-state index in [-0.39, 0.29) is 24.8 Å². The molecule has 2 amide bonds. The van der Waals surface area contributed by atoms with Gasteiger partial charge in [-0.05, 0) is 25.2 Å². The first-order valence-electron chi connectivity index (χ1n) is 9.20. The average Bonchev–Trinajstić information content (AvgIpc) is 2.71. The standard InChI is InChI=1S/C21H26ClN3O5/c1-25(13-20(27)23-15-7-5-6-14(22)10-15)9-8-19(26)24-16-11-17(28-2)21(30-4)18(12-16)29-3/h5-7,10-12H,8-9,13H2,1-4H3,(H,23,27)(H,24,26). The molecular formula is C21H26ClN3O5. The molecule has 2 N–H and O–H groups in total. The fourth-order valence-electron chi connectivity index (χ4n) is 2.76. The van der Waals surface area contributed by atoms with Crippen LogP contribution in [0.3, 0.4) is 0 Å². The molecule has 0 radical (unpaired) electrons. The number of benzene rings is 2. The number of nitrogens with one attached hydrogen (secondary N) is 2. The van der Waals surface area contributed by atoms with E-state index in [4.69, 9.17) is 25.8 Å². The van der Waals surface area contributed by atoms with Gasteiger partial charge in [0.2, 0.25) is 17.6 Å². The van der Waals surface area contributed by atoms with Gasteiger partial charge in [-0.1, -0.05) is 17.7 Å². The minimum absolute atomic E-state index is 0.143. The maximum absolute atomic E-state index is 12.3. The zero-order valence-corrected chi connectivity index (χ0v) is 18.2. The Morgan fingerprint density at radius 2 is 1.57 bits per heavy atom. The molecule has 2 rings (SSSR count). The van der Waals surface area contributed by atoms with Crippen LogP contribution in [0.4, 0.5) is 11.4 Å². The van der Waals surface area contributed by atoms with Crippen molar-refractivity contribution in [3.63, 3.8) is 0 Å². The molecule has 0 fully saturated rings. The van der Waals surface area contributed by atoms with Crippen LogP contribution in [0.5, 0.6) is 17.2 Å². The van der Waals surface area contributed by atoms with Gasteiger partial charge < -0.3 is 24.8 Å². The highest BCUT2D eigenvalue weighted by Crippen LogP contribution is 2.39. The van der Waals surface area contributed by atoms with Gasteiger partial charge in [0.05, 0.1) is 27.9 Å². The molecule has 2 aromatic rings. The van der Waals surface area contributed by atoms with Crippen LogP contribution in [0.25, 0.3) is 0 Å². The lowest BCUT2D eigenvalue weighted by atomic mass is 10.2. The first-order valence-corrected chi connectivity index (χ1v) is 9.58. The molecule has 0 aliphatic carbocycles. The Hall–Kier alpha value is -2.97. The number of nitrogens with zero attached hydrogens (tertiary/aromatic N) is 1. The van der Waals surface area contributed by atoms with E-state index in [1.54, 1.807) is 48.3 Å². The average molecular weight is 436 g/mol. The van der Waals surface area contributed by atoms with Crippen molar-refractivity contribution in [1.82, 2.24) is 4.90 Å². The Morgan fingerprint density at radius 1 is 0.933 bits per heavy atom. The van der Waals surface area contributed by atoms with E-state index in [0.29, 0.717) is 40.2 Å². The molecular weight excluding hydrogens is 410 g/mol. The molecule has 8 nitrogen and oxygen atoms in total. The third-order valence-corrected chi connectivity index (χ3v) is 4.43. The minimum Gasteiger partial charge on any atom is -0.493 e. The van der Waals surface area contributed by atoms with Gasteiger partial charge in [-0.3, -0.25) is 14.5 Å². The number of methoxy groups -OCH3 is 3. The first-order chi connectivity index (χ1) is 14.4. The van der Waals surface area contributed by atoms with Gasteiger partial charge in [0.1, 0.15) is 0 Å². The molecule has 30 heavy (non-hydrogen) atoms. The van der Waals surface area contributed by atoms with Crippen LogP contribution < -0.4 is 24.8 Å². The summed E-state index contributed by atoms with van der Waals surface area (Å²) in [6, 6.07) is 10.2. The number of hydrogen-bond donors (Lipinski definition) is 2. The highest BCUT2D eigenvalue weighted by atomic mass is 35.5. The Bertz CT molecular complexity index is 866. The van der Waals surface area contributed by atoms with E-state index >= 15 is 0 Å². The predicted octanol–water partition coefficient (Wildman–Crippen LogP) is 3.26. The van der Waals surface area contributed by atoms with E-state index in [1.807, 2.05) is 0 Å². The maximum Gasteiger partial charge on any atom is 0.238 e. The zero-order chi connectivity index (χ0) is 22.1. The van der Waals surface area contributed by atoms with Crippen LogP contribution in [0, 0.1) is 0 Å². The second-order valence-electron chi connectivity index (χ2n) is 6.51. The van der Waals surface area contributed by atoms with Gasteiger partial charge in [0, 0.05) is 41.5 Å². The van der Waals surface area contributed by atoms with Crippen molar-refractivity contribution in [2.45, 2.75) is 6.42 Å². The van der Waals surface area contributed by atoms with Crippen molar-refractivity contribution in [3.8, 4) is 17.2 Å². The monoisotopic (exact) mass is 435 g/mol. The minimum atomic E-state index is -0.202. The fraction of sp³-hybridized carbons (Fsp3) is 0.333. The number of carbonyl (C=O) groups is 2. The highest BCUT2D eigenvalue weighted by molar-refractivity contribution is 6.30. The van der Waals surface area contributed by atoms with Crippen LogP contribution >= 0.6 is 11.6 Å². The normalized spacial score (nSPS) is 10.5. The van der Waals surface area contributed by atoms with Gasteiger partial charge in [0.15, 0.2) is 11.5 Å². The van der Waals surface area contributed by atoms with Crippen LogP contribution in [0.15, 0.2) is 36.4 Å². The highest BCUT2D eigenvalue weighted by Gasteiger charge is 2.15. The fourth-order valence-corrected chi connectivity index (χ4v) is 2.95. The summed E-state index contributed by atoms with van der Waals surface area (Å²) in [4.78, 5) is 26.2. The Kier molecular flexibility index (Phi) is 8.76. The lowest BCUT2D eigenvalue weighted by Crippen LogP contribution is -2.32. The summed E-state index contributed by atoms with van der Waals surface area (Å²) in [5.41, 5.74) is 1.15. The molecule has 0 aromatic heterocycles. The molecule has 0 aliphatic heterocycles. The SMILES string of the molecule is COc1cc(NC(=O)CCN(C)CC(=O)Nc2cccc(Cl)c2)cc(OC)c1OC. The van der Waals surface area contributed by atoms with Crippen molar-refractivity contribution in [1.29, 1.82) is 0 Å². The largest absolute Gasteiger partial charge is 0.493 e. The number of hydrogen-bond acceptors (Lipinski definition) is 6. The summed E-state index contributed by atoms with van der Waals surface area (Å²) in [6.45, 7) is 0.545. The van der Waals surface area contributed by atoms with Crippen LogP contribution in [-0.2, 0) is 9.59 Å². The van der Waals surface area contributed by atoms with E-state index < -0.39 is 0 Å². The molecule has 162 valence electrons. The Morgan fingerprint density at radius 3 is 2.13 bits per heavy atom. The third kappa shape index (κ3) is 6.82. The number of ether oxygens (including phenoxy) is 3. The number of likely N-dealkylation sites (N-methyl/N-ethyl adjacent to an activating group) is 1. The molecule has 0 aliphatic rings. The molecule has 0 bridgehead atoms. The van der Waals surface area contributed by atoms with Crippen molar-refractivity contribution < 1.29 is 23.8 Å². The van der Waals surface area contributed by atoms with E-state index in [9.17, 15) is 9.59 Å². The van der Waals surface area contributed by atoms with E-state index in [2.05, 4.69) is 10.6 Å². The van der Waals surface area contributed by atoms with Crippen LogP contribution in [-0.4, -0.2) is 58.2 Å². The Balaban J connectivity index is 1.86. The van der Waals surface area contributed by atoms with Crippen molar-refractivity contribution in [2.24, 2.45) is 0 Å². The number of carbonyl (C=O) groups excluding carboxylic acids is 2. The first kappa shape index (κ1) is 23.3. The topological polar surface area (TPSA) is 89.1 Å². The van der Waals surface area contributed by atoms with Crippen molar-refractivity contribution in [2.75, 3.05) is 52.1 Å². The number of amides is 2. The smallest absolute Gasteiger partial charge is 0.238 e. The zero-order valence-electron chi connectivity index (χ0n) is 17.5. The second-order valence-corrected chi connectivity index (χ2v) is 6.94. The van der Waals surface area contributed by atoms with Gasteiger partial charge in [-0.2, -0.15) is 0 Å². The molecule has 0 saturated heterocycles. The molecule has 0 unspecified atom stereocenters. The number of halogens is 1. The molecule has 9 heteroatoms. The summed E-state index contributed by atoms with van der Waals surface area (Å²) in [6.07, 6.45) is 0.206. The number of anilines is 2. The van der Waals surface area contributed by atoms with Gasteiger partial charge in [0.25, 0.3) is 0 Å². The lowest BCUT2D eigenvalue weighted by Gasteiger charge is -2.17. The van der Waals surface area contributed by atoms with Crippen LogP contribution in [0.2, 0.25) is 5.02 Å². The van der Waals surface area contributed by atoms with Gasteiger partial charge in [-0.15, -0.1) is 0 Å². The molecule has 0 atom stereocenters. The van der Waals surface area contributed by atoms with Crippen molar-refractivity contribution >= 4 is 34.8 Å². The quantitative estimate of drug-likeness (QED) is 0.595. The summed E-state index contributed by atoms with van der Waals surface area (Å²) in [7, 11) is 6.29. The second kappa shape index (κ2) is 11.3. The maximum atomic E-state index is 12.3. The van der Waals surface area contributed by atoms with Gasteiger partial charge >= 0.3 is 0 Å². The van der Waals surface area contributed by atoms with E-state index in [0.717, 1.165) is 0 Å². The summed E-state index contributed by atoms with van der Waals surface area (Å²) >= 11 is 5.91. The molecule has 0 saturated carbocycles. The van der Waals surface area contributed by atoms with Crippen LogP contribution in [0.1, 0.15) is 6.42 Å². The lowest BCUT2D eigenvalue weighted by molar-refractivity contribution is -0.119. The third-order valence-electron chi connectivity index (χ3n) is 4.19.